The molecule has 0 amide bonds. The molecule has 0 aliphatic rings. The van der Waals surface area contributed by atoms with Crippen LogP contribution in [-0.2, 0) is 4.84 Å². The first kappa shape index (κ1) is 9.36. The van der Waals surface area contributed by atoms with Crippen LogP contribution in [0.5, 0.6) is 0 Å². The van der Waals surface area contributed by atoms with Gasteiger partial charge in [-0.25, -0.2) is 0 Å². The second-order valence-electron chi connectivity index (χ2n) is 2.04. The number of hydrogen-bond acceptors (Lipinski definition) is 3. The molecule has 0 saturated carbocycles. The number of nitroso groups, excluding NO2 is 1. The van der Waals surface area contributed by atoms with Crippen molar-refractivity contribution < 1.29 is 4.84 Å². The number of hydroxylamine groups is 1. The van der Waals surface area contributed by atoms with Gasteiger partial charge in [0.2, 0.25) is 0 Å². The quantitative estimate of drug-likeness (QED) is 0.438. The van der Waals surface area contributed by atoms with Crippen LogP contribution in [0, 0.1) is 4.91 Å². The SMILES string of the molecule is CCC(CC)N(N=O)OC. The van der Waals surface area contributed by atoms with Crippen molar-refractivity contribution in [2.75, 3.05) is 7.11 Å². The summed E-state index contributed by atoms with van der Waals surface area (Å²) < 4.78 is 0. The monoisotopic (exact) mass is 146 g/mol. The van der Waals surface area contributed by atoms with Gasteiger partial charge in [0.25, 0.3) is 0 Å². The van der Waals surface area contributed by atoms with Crippen molar-refractivity contribution in [3.8, 4) is 0 Å². The molecule has 0 radical (unpaired) electrons. The number of rotatable bonds is 5. The normalized spacial score (nSPS) is 10.0. The van der Waals surface area contributed by atoms with E-state index in [0.29, 0.717) is 0 Å². The third kappa shape index (κ3) is 2.31. The Morgan fingerprint density at radius 2 is 2.00 bits per heavy atom. The van der Waals surface area contributed by atoms with Crippen LogP contribution in [0.25, 0.3) is 0 Å². The van der Waals surface area contributed by atoms with Gasteiger partial charge in [-0.05, 0) is 12.8 Å². The minimum absolute atomic E-state index is 0.113. The molecule has 60 valence electrons. The van der Waals surface area contributed by atoms with Crippen molar-refractivity contribution >= 4 is 0 Å². The highest BCUT2D eigenvalue weighted by atomic mass is 16.7. The lowest BCUT2D eigenvalue weighted by Crippen LogP contribution is -2.27. The zero-order chi connectivity index (χ0) is 7.98. The van der Waals surface area contributed by atoms with E-state index in [4.69, 9.17) is 4.84 Å². The summed E-state index contributed by atoms with van der Waals surface area (Å²) in [6.45, 7) is 3.98. The third-order valence-electron chi connectivity index (χ3n) is 1.52. The van der Waals surface area contributed by atoms with Crippen LogP contribution < -0.4 is 0 Å². The fraction of sp³-hybridized carbons (Fsp3) is 1.00. The highest BCUT2D eigenvalue weighted by Crippen LogP contribution is 2.07. The molecule has 0 aromatic rings. The van der Waals surface area contributed by atoms with E-state index in [1.54, 1.807) is 0 Å². The molecule has 4 nitrogen and oxygen atoms in total. The van der Waals surface area contributed by atoms with Crippen LogP contribution >= 0.6 is 0 Å². The van der Waals surface area contributed by atoms with Crippen LogP contribution in [0.4, 0.5) is 0 Å². The van der Waals surface area contributed by atoms with Gasteiger partial charge in [-0.2, -0.15) is 0 Å². The molecule has 0 aromatic heterocycles. The molecule has 10 heavy (non-hydrogen) atoms. The molecule has 0 aliphatic heterocycles. The molecule has 0 bridgehead atoms. The van der Waals surface area contributed by atoms with Gasteiger partial charge in [-0.15, -0.1) is 10.1 Å². The Morgan fingerprint density at radius 1 is 1.50 bits per heavy atom. The van der Waals surface area contributed by atoms with E-state index in [0.717, 1.165) is 18.0 Å². The maximum atomic E-state index is 10.0. The first-order chi connectivity index (χ1) is 4.79. The van der Waals surface area contributed by atoms with Gasteiger partial charge in [0.05, 0.1) is 18.4 Å². The first-order valence-electron chi connectivity index (χ1n) is 3.46. The molecular weight excluding hydrogens is 132 g/mol. The molecule has 0 fully saturated rings. The van der Waals surface area contributed by atoms with Gasteiger partial charge < -0.3 is 0 Å². The second kappa shape index (κ2) is 5.17. The van der Waals surface area contributed by atoms with E-state index in [9.17, 15) is 4.91 Å². The van der Waals surface area contributed by atoms with E-state index in [1.165, 1.54) is 7.11 Å². The lowest BCUT2D eigenvalue weighted by molar-refractivity contribution is -0.164. The van der Waals surface area contributed by atoms with Gasteiger partial charge >= 0.3 is 0 Å². The second-order valence-corrected chi connectivity index (χ2v) is 2.04. The maximum absolute atomic E-state index is 10.0. The summed E-state index contributed by atoms with van der Waals surface area (Å²) in [6, 6.07) is 0.113. The summed E-state index contributed by atoms with van der Waals surface area (Å²) in [7, 11) is 1.44. The average Bonchev–Trinajstić information content (AvgIpc) is 2.00. The summed E-state index contributed by atoms with van der Waals surface area (Å²) in [4.78, 5) is 14.7. The van der Waals surface area contributed by atoms with E-state index >= 15 is 0 Å². The molecule has 0 aliphatic carbocycles. The highest BCUT2D eigenvalue weighted by molar-refractivity contribution is 4.56. The van der Waals surface area contributed by atoms with Gasteiger partial charge in [-0.3, -0.25) is 4.84 Å². The molecule has 0 aromatic carbocycles. The van der Waals surface area contributed by atoms with Crippen molar-refractivity contribution in [1.82, 2.24) is 5.17 Å². The van der Waals surface area contributed by atoms with Crippen molar-refractivity contribution in [3.05, 3.63) is 4.91 Å². The largest absolute Gasteiger partial charge is 0.257 e. The zero-order valence-electron chi connectivity index (χ0n) is 6.70. The zero-order valence-corrected chi connectivity index (χ0v) is 6.70. The van der Waals surface area contributed by atoms with Crippen LogP contribution in [0.15, 0.2) is 5.29 Å². The molecule has 4 heteroatoms. The summed E-state index contributed by atoms with van der Waals surface area (Å²) in [5, 5.41) is 3.81. The van der Waals surface area contributed by atoms with Gasteiger partial charge in [0.1, 0.15) is 0 Å². The summed E-state index contributed by atoms with van der Waals surface area (Å²) >= 11 is 0. The summed E-state index contributed by atoms with van der Waals surface area (Å²) in [6.07, 6.45) is 1.74. The van der Waals surface area contributed by atoms with Crippen LogP contribution in [-0.4, -0.2) is 18.3 Å². The Labute approximate surface area is 61.1 Å². The van der Waals surface area contributed by atoms with Gasteiger partial charge in [0.15, 0.2) is 0 Å². The Hall–Kier alpha value is -0.640. The Kier molecular flexibility index (Phi) is 4.84. The van der Waals surface area contributed by atoms with E-state index in [2.05, 4.69) is 5.29 Å². The summed E-state index contributed by atoms with van der Waals surface area (Å²) in [5.41, 5.74) is 0. The predicted octanol–water partition coefficient (Wildman–Crippen LogP) is 1.72. The van der Waals surface area contributed by atoms with Gasteiger partial charge in [-0.1, -0.05) is 13.8 Å². The maximum Gasteiger partial charge on any atom is 0.0791 e. The third-order valence-corrected chi connectivity index (χ3v) is 1.52. The minimum Gasteiger partial charge on any atom is -0.257 e. The van der Waals surface area contributed by atoms with Crippen molar-refractivity contribution in [2.24, 2.45) is 5.29 Å². The van der Waals surface area contributed by atoms with Crippen molar-refractivity contribution in [3.63, 3.8) is 0 Å². The summed E-state index contributed by atoms with van der Waals surface area (Å²) in [5.74, 6) is 0. The van der Waals surface area contributed by atoms with E-state index in [1.807, 2.05) is 13.8 Å². The lowest BCUT2D eigenvalue weighted by atomic mass is 10.2. The number of nitrogens with zero attached hydrogens (tertiary/aromatic N) is 2. The first-order valence-corrected chi connectivity index (χ1v) is 3.46. The van der Waals surface area contributed by atoms with Crippen LogP contribution in [0.1, 0.15) is 26.7 Å². The predicted molar refractivity (Wildman–Crippen MR) is 39.0 cm³/mol. The molecular formula is C6H14N2O2. The minimum atomic E-state index is 0.113. The molecule has 0 unspecified atom stereocenters. The lowest BCUT2D eigenvalue weighted by Gasteiger charge is -2.20. The molecule has 0 N–H and O–H groups in total. The van der Waals surface area contributed by atoms with E-state index < -0.39 is 0 Å². The van der Waals surface area contributed by atoms with Crippen LogP contribution in [0.3, 0.4) is 0 Å². The molecule has 0 atom stereocenters. The Morgan fingerprint density at radius 3 is 2.10 bits per heavy atom. The number of hydrogen-bond donors (Lipinski definition) is 0. The molecule has 0 saturated heterocycles. The molecule has 0 rings (SSSR count). The average molecular weight is 146 g/mol. The Bertz CT molecular complexity index is 93.7. The highest BCUT2D eigenvalue weighted by Gasteiger charge is 2.12. The van der Waals surface area contributed by atoms with Gasteiger partial charge in [0, 0.05) is 0 Å². The van der Waals surface area contributed by atoms with Crippen molar-refractivity contribution in [1.29, 1.82) is 0 Å². The van der Waals surface area contributed by atoms with Crippen molar-refractivity contribution in [2.45, 2.75) is 32.7 Å². The molecule has 0 spiro atoms. The topological polar surface area (TPSA) is 41.9 Å². The van der Waals surface area contributed by atoms with Crippen LogP contribution in [0.2, 0.25) is 0 Å². The smallest absolute Gasteiger partial charge is 0.0791 e. The molecule has 0 heterocycles. The Balaban J connectivity index is 3.81. The van der Waals surface area contributed by atoms with E-state index in [-0.39, 0.29) is 6.04 Å². The standard InChI is InChI=1S/C6H14N2O2/c1-4-6(5-2)8(7-9)10-3/h6H,4-5H2,1-3H3. The fourth-order valence-corrected chi connectivity index (χ4v) is 0.850. The fourth-order valence-electron chi connectivity index (χ4n) is 0.850.